The highest BCUT2D eigenvalue weighted by molar-refractivity contribution is 8.00. The Hall–Kier alpha value is -3.16. The summed E-state index contributed by atoms with van der Waals surface area (Å²) in [6.45, 7) is 5.38. The number of imidazole rings is 1. The van der Waals surface area contributed by atoms with Crippen molar-refractivity contribution in [1.82, 2.24) is 19.9 Å². The zero-order valence-electron chi connectivity index (χ0n) is 24.9. The number of methoxy groups -OCH3 is 1. The average molecular weight is 667 g/mol. The van der Waals surface area contributed by atoms with E-state index in [4.69, 9.17) is 9.72 Å². The smallest absolute Gasteiger partial charge is 0.446 e. The molecule has 4 aromatic rings. The SMILES string of the molecule is COc1c(C)cnc(CN2CCCCC2c2nc(-c3cc(SC(F)(F)F)ccc3Cc3ccc(SC(F)(F)F)cc3)c[nH]2)c1C. The molecular weight excluding hydrogens is 635 g/mol. The molecule has 1 fully saturated rings. The van der Waals surface area contributed by atoms with E-state index in [2.05, 4.69) is 14.9 Å². The van der Waals surface area contributed by atoms with Gasteiger partial charge in [0.25, 0.3) is 0 Å². The van der Waals surface area contributed by atoms with Crippen molar-refractivity contribution in [3.8, 4) is 17.0 Å². The van der Waals surface area contributed by atoms with E-state index >= 15 is 0 Å². The fourth-order valence-corrected chi connectivity index (χ4v) is 6.85. The van der Waals surface area contributed by atoms with E-state index in [-0.39, 0.29) is 39.4 Å². The Balaban J connectivity index is 1.44. The monoisotopic (exact) mass is 666 g/mol. The molecule has 1 unspecified atom stereocenters. The Morgan fingerprint density at radius 3 is 2.33 bits per heavy atom. The summed E-state index contributed by atoms with van der Waals surface area (Å²) < 4.78 is 83.8. The lowest BCUT2D eigenvalue weighted by Gasteiger charge is -2.34. The van der Waals surface area contributed by atoms with Crippen LogP contribution in [0.5, 0.6) is 5.75 Å². The van der Waals surface area contributed by atoms with Gasteiger partial charge in [-0.1, -0.05) is 24.6 Å². The molecule has 1 saturated heterocycles. The highest BCUT2D eigenvalue weighted by Gasteiger charge is 2.31. The van der Waals surface area contributed by atoms with E-state index < -0.39 is 11.0 Å². The Kier molecular flexibility index (Phi) is 10.1. The first-order valence-electron chi connectivity index (χ1n) is 14.3. The molecule has 5 nitrogen and oxygen atoms in total. The van der Waals surface area contributed by atoms with Crippen LogP contribution in [0.3, 0.4) is 0 Å². The maximum atomic E-state index is 13.3. The van der Waals surface area contributed by atoms with Crippen molar-refractivity contribution in [3.63, 3.8) is 0 Å². The van der Waals surface area contributed by atoms with E-state index in [1.54, 1.807) is 37.7 Å². The number of nitrogens with one attached hydrogen (secondary N) is 1. The first kappa shape index (κ1) is 33.2. The van der Waals surface area contributed by atoms with Crippen LogP contribution in [-0.2, 0) is 13.0 Å². The first-order valence-corrected chi connectivity index (χ1v) is 15.9. The van der Waals surface area contributed by atoms with Crippen LogP contribution in [0.2, 0.25) is 0 Å². The normalized spacial score (nSPS) is 16.2. The van der Waals surface area contributed by atoms with E-state index in [1.807, 2.05) is 13.8 Å². The Morgan fingerprint density at radius 1 is 0.956 bits per heavy atom. The minimum atomic E-state index is -4.46. The number of nitrogens with zero attached hydrogens (tertiary/aromatic N) is 3. The number of benzene rings is 2. The molecule has 0 bridgehead atoms. The van der Waals surface area contributed by atoms with Crippen LogP contribution in [0.1, 0.15) is 59.1 Å². The molecule has 0 radical (unpaired) electrons. The Morgan fingerprint density at radius 2 is 1.64 bits per heavy atom. The highest BCUT2D eigenvalue weighted by Crippen LogP contribution is 2.41. The van der Waals surface area contributed by atoms with Gasteiger partial charge in [0, 0.05) is 45.4 Å². The number of ether oxygens (including phenoxy) is 1. The second-order valence-corrected chi connectivity index (χ2v) is 13.2. The number of H-pyrrole nitrogens is 1. The van der Waals surface area contributed by atoms with Gasteiger partial charge < -0.3 is 9.72 Å². The molecule has 3 heterocycles. The van der Waals surface area contributed by atoms with Crippen LogP contribution < -0.4 is 4.74 Å². The lowest BCUT2D eigenvalue weighted by atomic mass is 9.98. The van der Waals surface area contributed by atoms with Gasteiger partial charge in [-0.15, -0.1) is 0 Å². The number of aryl methyl sites for hydroxylation is 1. The minimum Gasteiger partial charge on any atom is -0.496 e. The molecule has 240 valence electrons. The van der Waals surface area contributed by atoms with Crippen LogP contribution in [0.15, 0.2) is 64.6 Å². The molecule has 0 aliphatic carbocycles. The van der Waals surface area contributed by atoms with Gasteiger partial charge in [-0.05, 0) is 98.6 Å². The average Bonchev–Trinajstić information content (AvgIpc) is 3.45. The quantitative estimate of drug-likeness (QED) is 0.142. The molecule has 0 spiro atoms. The van der Waals surface area contributed by atoms with E-state index in [0.717, 1.165) is 59.8 Å². The third kappa shape index (κ3) is 8.56. The number of halogens is 6. The zero-order chi connectivity index (χ0) is 32.4. The lowest BCUT2D eigenvalue weighted by Crippen LogP contribution is -2.34. The number of pyridine rings is 1. The highest BCUT2D eigenvalue weighted by atomic mass is 32.2. The van der Waals surface area contributed by atoms with Gasteiger partial charge in [0.2, 0.25) is 0 Å². The fraction of sp³-hybridized carbons (Fsp3) is 0.375. The summed E-state index contributed by atoms with van der Waals surface area (Å²) in [6, 6.07) is 10.5. The van der Waals surface area contributed by atoms with Gasteiger partial charge in [-0.3, -0.25) is 9.88 Å². The van der Waals surface area contributed by atoms with Gasteiger partial charge in [0.05, 0.1) is 24.5 Å². The van der Waals surface area contributed by atoms with E-state index in [9.17, 15) is 26.3 Å². The third-order valence-corrected chi connectivity index (χ3v) is 9.23. The zero-order valence-corrected chi connectivity index (χ0v) is 26.5. The molecule has 1 aliphatic rings. The van der Waals surface area contributed by atoms with Crippen molar-refractivity contribution in [3.05, 3.63) is 88.6 Å². The third-order valence-electron chi connectivity index (χ3n) is 7.77. The van der Waals surface area contributed by atoms with Crippen molar-refractivity contribution in [1.29, 1.82) is 0 Å². The number of aromatic nitrogens is 3. The van der Waals surface area contributed by atoms with Crippen molar-refractivity contribution >= 4 is 23.5 Å². The molecule has 0 saturated carbocycles. The number of hydrogen-bond donors (Lipinski definition) is 1. The maximum absolute atomic E-state index is 13.3. The second kappa shape index (κ2) is 13.7. The summed E-state index contributed by atoms with van der Waals surface area (Å²) in [4.78, 5) is 15.3. The van der Waals surface area contributed by atoms with Crippen LogP contribution >= 0.6 is 23.5 Å². The fourth-order valence-electron chi connectivity index (χ4n) is 5.73. The number of hydrogen-bond acceptors (Lipinski definition) is 6. The predicted molar refractivity (Wildman–Crippen MR) is 164 cm³/mol. The van der Waals surface area contributed by atoms with Gasteiger partial charge in [0.1, 0.15) is 11.6 Å². The molecule has 5 rings (SSSR count). The minimum absolute atomic E-state index is 0.0249. The van der Waals surface area contributed by atoms with E-state index in [1.165, 1.54) is 24.3 Å². The van der Waals surface area contributed by atoms with Crippen molar-refractivity contribution in [2.75, 3.05) is 13.7 Å². The van der Waals surface area contributed by atoms with Crippen LogP contribution in [0.4, 0.5) is 26.3 Å². The molecule has 1 N–H and O–H groups in total. The lowest BCUT2D eigenvalue weighted by molar-refractivity contribution is -0.0337. The Bertz CT molecular complexity index is 1620. The summed E-state index contributed by atoms with van der Waals surface area (Å²) >= 11 is -0.394. The number of rotatable bonds is 9. The summed E-state index contributed by atoms with van der Waals surface area (Å²) in [7, 11) is 1.64. The molecule has 1 atom stereocenters. The van der Waals surface area contributed by atoms with Gasteiger partial charge in [-0.2, -0.15) is 26.3 Å². The second-order valence-electron chi connectivity index (χ2n) is 10.9. The molecule has 45 heavy (non-hydrogen) atoms. The standard InChI is InChI=1S/C32H32F6N4OS2/c1-19-16-39-27(20(2)29(19)43-3)18-42-13-5-4-6-28(42)30-40-17-26(41-30)25-15-24(45-32(36,37)38)12-9-22(25)14-21-7-10-23(11-8-21)44-31(33,34)35/h7-12,15-17,28H,4-6,13-14,18H2,1-3H3,(H,40,41). The summed E-state index contributed by atoms with van der Waals surface area (Å²) in [5, 5.41) is 0. The number of likely N-dealkylation sites (tertiary alicyclic amines) is 1. The van der Waals surface area contributed by atoms with E-state index in [0.29, 0.717) is 29.8 Å². The maximum Gasteiger partial charge on any atom is 0.446 e. The molecule has 2 aromatic carbocycles. The topological polar surface area (TPSA) is 54.0 Å². The first-order chi connectivity index (χ1) is 21.3. The summed E-state index contributed by atoms with van der Waals surface area (Å²) in [5.41, 5.74) is -3.53. The number of alkyl halides is 6. The van der Waals surface area contributed by atoms with Gasteiger partial charge in [-0.25, -0.2) is 4.98 Å². The van der Waals surface area contributed by atoms with Crippen molar-refractivity contribution in [2.45, 2.75) is 72.9 Å². The molecule has 0 amide bonds. The van der Waals surface area contributed by atoms with Crippen LogP contribution in [-0.4, -0.2) is 44.5 Å². The number of piperidine rings is 1. The molecule has 2 aromatic heterocycles. The summed E-state index contributed by atoms with van der Waals surface area (Å²) in [5.74, 6) is 1.53. The molecular formula is C32H32F6N4OS2. The van der Waals surface area contributed by atoms with Crippen LogP contribution in [0.25, 0.3) is 11.3 Å². The van der Waals surface area contributed by atoms with Crippen molar-refractivity contribution in [2.24, 2.45) is 0 Å². The number of thioether (sulfide) groups is 2. The van der Waals surface area contributed by atoms with Gasteiger partial charge in [0.15, 0.2) is 0 Å². The Labute approximate surface area is 266 Å². The molecule has 13 heteroatoms. The predicted octanol–water partition coefficient (Wildman–Crippen LogP) is 9.64. The molecule has 1 aliphatic heterocycles. The largest absolute Gasteiger partial charge is 0.496 e. The summed E-state index contributed by atoms with van der Waals surface area (Å²) in [6.07, 6.45) is 6.71. The van der Waals surface area contributed by atoms with Crippen LogP contribution in [0, 0.1) is 13.8 Å². The van der Waals surface area contributed by atoms with Gasteiger partial charge >= 0.3 is 11.0 Å². The number of aromatic amines is 1. The van der Waals surface area contributed by atoms with Crippen molar-refractivity contribution < 1.29 is 31.1 Å².